The van der Waals surface area contributed by atoms with Crippen molar-refractivity contribution in [2.24, 2.45) is 0 Å². The maximum absolute atomic E-state index is 12.2. The molecule has 1 heterocycles. The van der Waals surface area contributed by atoms with Crippen LogP contribution in [-0.4, -0.2) is 9.36 Å². The average molecular weight is 239 g/mol. The normalized spacial score (nSPS) is 11.4. The molecule has 0 atom stereocenters. The molecule has 17 heavy (non-hydrogen) atoms. The molecule has 0 spiro atoms. The summed E-state index contributed by atoms with van der Waals surface area (Å²) in [5, 5.41) is 0. The fraction of sp³-hybridized carbons (Fsp3) is 0.769. The van der Waals surface area contributed by atoms with Gasteiger partial charge in [-0.3, -0.25) is 9.48 Å². The molecule has 0 aromatic carbocycles. The number of nitrogen functional groups attached to an aromatic ring is 1. The van der Waals surface area contributed by atoms with Crippen molar-refractivity contribution in [1.29, 1.82) is 0 Å². The van der Waals surface area contributed by atoms with Crippen LogP contribution in [-0.2, 0) is 13.0 Å². The summed E-state index contributed by atoms with van der Waals surface area (Å²) in [7, 11) is 0. The molecule has 0 aliphatic carbocycles. The van der Waals surface area contributed by atoms with Crippen LogP contribution in [0.1, 0.15) is 58.7 Å². The van der Waals surface area contributed by atoms with Crippen molar-refractivity contribution in [3.05, 3.63) is 16.0 Å². The molecule has 1 aromatic heterocycles. The van der Waals surface area contributed by atoms with Crippen LogP contribution < -0.4 is 11.3 Å². The predicted molar refractivity (Wildman–Crippen MR) is 72.4 cm³/mol. The van der Waals surface area contributed by atoms with Gasteiger partial charge in [-0.25, -0.2) is 4.68 Å². The largest absolute Gasteiger partial charge is 0.393 e. The van der Waals surface area contributed by atoms with E-state index in [-0.39, 0.29) is 11.6 Å². The van der Waals surface area contributed by atoms with E-state index in [0.29, 0.717) is 5.69 Å². The Morgan fingerprint density at radius 1 is 1.18 bits per heavy atom. The van der Waals surface area contributed by atoms with Crippen LogP contribution >= 0.6 is 0 Å². The number of nitrogens with zero attached hydrogens (tertiary/aromatic N) is 2. The Morgan fingerprint density at radius 3 is 2.18 bits per heavy atom. The molecule has 0 unspecified atom stereocenters. The first-order valence-corrected chi connectivity index (χ1v) is 6.71. The molecular formula is C13H25N3O. The zero-order valence-electron chi connectivity index (χ0n) is 11.5. The molecule has 0 amide bonds. The fourth-order valence-corrected chi connectivity index (χ4v) is 2.47. The van der Waals surface area contributed by atoms with E-state index in [2.05, 4.69) is 32.4 Å². The molecule has 0 saturated heterocycles. The zero-order chi connectivity index (χ0) is 13.0. The lowest BCUT2D eigenvalue weighted by Gasteiger charge is -2.19. The van der Waals surface area contributed by atoms with Crippen molar-refractivity contribution >= 4 is 5.69 Å². The van der Waals surface area contributed by atoms with Gasteiger partial charge < -0.3 is 5.73 Å². The van der Waals surface area contributed by atoms with Crippen molar-refractivity contribution < 1.29 is 0 Å². The van der Waals surface area contributed by atoms with Crippen molar-refractivity contribution in [2.75, 3.05) is 5.73 Å². The predicted octanol–water partition coefficient (Wildman–Crippen LogP) is 2.57. The van der Waals surface area contributed by atoms with Crippen LogP contribution in [0.3, 0.4) is 0 Å². The Morgan fingerprint density at radius 2 is 1.76 bits per heavy atom. The van der Waals surface area contributed by atoms with Gasteiger partial charge in [0.25, 0.3) is 5.56 Å². The van der Waals surface area contributed by atoms with Gasteiger partial charge in [-0.05, 0) is 26.2 Å². The monoisotopic (exact) mass is 239 g/mol. The number of aromatic nitrogens is 2. The molecule has 1 aromatic rings. The lowest BCUT2D eigenvalue weighted by Crippen LogP contribution is -2.28. The van der Waals surface area contributed by atoms with Crippen LogP contribution in [0.5, 0.6) is 0 Å². The van der Waals surface area contributed by atoms with E-state index in [1.807, 2.05) is 4.68 Å². The summed E-state index contributed by atoms with van der Waals surface area (Å²) in [6.07, 6.45) is 3.81. The van der Waals surface area contributed by atoms with Gasteiger partial charge in [0, 0.05) is 6.54 Å². The second kappa shape index (κ2) is 5.94. The first-order chi connectivity index (χ1) is 8.12. The Kier molecular flexibility index (Phi) is 4.85. The summed E-state index contributed by atoms with van der Waals surface area (Å²) in [4.78, 5) is 12.2. The third-order valence-corrected chi connectivity index (χ3v) is 3.40. The molecule has 98 valence electrons. The van der Waals surface area contributed by atoms with Crippen LogP contribution in [0.15, 0.2) is 4.79 Å². The van der Waals surface area contributed by atoms with Gasteiger partial charge >= 0.3 is 0 Å². The smallest absolute Gasteiger partial charge is 0.290 e. The van der Waals surface area contributed by atoms with E-state index in [4.69, 9.17) is 5.73 Å². The van der Waals surface area contributed by atoms with E-state index >= 15 is 0 Å². The summed E-state index contributed by atoms with van der Waals surface area (Å²) in [5.41, 5.74) is 7.40. The van der Waals surface area contributed by atoms with E-state index < -0.39 is 0 Å². The summed E-state index contributed by atoms with van der Waals surface area (Å²) >= 11 is 0. The van der Waals surface area contributed by atoms with Crippen molar-refractivity contribution in [2.45, 2.75) is 66.0 Å². The maximum atomic E-state index is 12.2. The topological polar surface area (TPSA) is 53.0 Å². The second-order valence-electron chi connectivity index (χ2n) is 4.45. The lowest BCUT2D eigenvalue weighted by atomic mass is 10.2. The molecule has 0 aliphatic heterocycles. The molecule has 2 N–H and O–H groups in total. The minimum atomic E-state index is -0.0102. The third kappa shape index (κ3) is 2.40. The molecule has 4 heteroatoms. The summed E-state index contributed by atoms with van der Waals surface area (Å²) in [6, 6.07) is 0.260. The molecule has 0 saturated carbocycles. The van der Waals surface area contributed by atoms with Gasteiger partial charge in [-0.15, -0.1) is 0 Å². The van der Waals surface area contributed by atoms with Crippen molar-refractivity contribution in [3.63, 3.8) is 0 Å². The Bertz CT molecular complexity index is 413. The number of rotatable bonds is 6. The summed E-state index contributed by atoms with van der Waals surface area (Å²) in [5.74, 6) is 0. The van der Waals surface area contributed by atoms with Gasteiger partial charge in [0.05, 0.1) is 11.7 Å². The van der Waals surface area contributed by atoms with E-state index in [0.717, 1.165) is 37.9 Å². The third-order valence-electron chi connectivity index (χ3n) is 3.40. The number of nitrogens with two attached hydrogens (primary N) is 1. The molecule has 1 rings (SSSR count). The second-order valence-corrected chi connectivity index (χ2v) is 4.45. The maximum Gasteiger partial charge on any atom is 0.290 e. The molecular weight excluding hydrogens is 214 g/mol. The number of hydrogen-bond donors (Lipinski definition) is 1. The summed E-state index contributed by atoms with van der Waals surface area (Å²) in [6.45, 7) is 9.21. The first kappa shape index (κ1) is 13.9. The number of anilines is 1. The zero-order valence-corrected chi connectivity index (χ0v) is 11.5. The Labute approximate surface area is 103 Å². The minimum Gasteiger partial charge on any atom is -0.393 e. The fourth-order valence-electron chi connectivity index (χ4n) is 2.47. The van der Waals surface area contributed by atoms with Gasteiger partial charge in [-0.1, -0.05) is 27.2 Å². The molecule has 0 fully saturated rings. The highest BCUT2D eigenvalue weighted by Crippen LogP contribution is 2.19. The van der Waals surface area contributed by atoms with Crippen LogP contribution in [0.2, 0.25) is 0 Å². The van der Waals surface area contributed by atoms with Gasteiger partial charge in [0.1, 0.15) is 5.69 Å². The van der Waals surface area contributed by atoms with Crippen molar-refractivity contribution in [3.8, 4) is 0 Å². The Balaban J connectivity index is 3.38. The molecule has 0 bridgehead atoms. The standard InChI is InChI=1S/C13H25N3O/c1-5-9-11-12(14)13(17)16(15(11)8-4)10(6-2)7-3/h10H,5-9,14H2,1-4H3. The van der Waals surface area contributed by atoms with Crippen LogP contribution in [0.25, 0.3) is 0 Å². The molecule has 0 radical (unpaired) electrons. The highest BCUT2D eigenvalue weighted by Gasteiger charge is 2.20. The van der Waals surface area contributed by atoms with Crippen LogP contribution in [0, 0.1) is 0 Å². The average Bonchev–Trinajstić information content (AvgIpc) is 2.57. The van der Waals surface area contributed by atoms with Gasteiger partial charge in [-0.2, -0.15) is 0 Å². The minimum absolute atomic E-state index is 0.0102. The van der Waals surface area contributed by atoms with E-state index in [1.165, 1.54) is 0 Å². The highest BCUT2D eigenvalue weighted by molar-refractivity contribution is 5.41. The van der Waals surface area contributed by atoms with E-state index in [9.17, 15) is 4.79 Å². The van der Waals surface area contributed by atoms with E-state index in [1.54, 1.807) is 0 Å². The van der Waals surface area contributed by atoms with Crippen molar-refractivity contribution in [1.82, 2.24) is 9.36 Å². The highest BCUT2D eigenvalue weighted by atomic mass is 16.1. The van der Waals surface area contributed by atoms with Gasteiger partial charge in [0.2, 0.25) is 0 Å². The summed E-state index contributed by atoms with van der Waals surface area (Å²) < 4.78 is 3.93. The Hall–Kier alpha value is -1.19. The van der Waals surface area contributed by atoms with Gasteiger partial charge in [0.15, 0.2) is 0 Å². The molecule has 4 nitrogen and oxygen atoms in total. The SMILES string of the molecule is CCCc1c(N)c(=O)n(C(CC)CC)n1CC. The lowest BCUT2D eigenvalue weighted by molar-refractivity contribution is 0.343. The quantitative estimate of drug-likeness (QED) is 0.829. The van der Waals surface area contributed by atoms with Crippen LogP contribution in [0.4, 0.5) is 5.69 Å². The molecule has 0 aliphatic rings. The first-order valence-electron chi connectivity index (χ1n) is 6.71. The number of hydrogen-bond acceptors (Lipinski definition) is 2.